The first-order chi connectivity index (χ1) is 7.61. The van der Waals surface area contributed by atoms with Gasteiger partial charge in [-0.25, -0.2) is 9.37 Å². The number of halogens is 1. The number of nitrogens with one attached hydrogen (secondary N) is 1. The first-order valence-corrected chi connectivity index (χ1v) is 4.78. The molecule has 0 bridgehead atoms. The smallest absolute Gasteiger partial charge is 0.150 e. The fourth-order valence-electron chi connectivity index (χ4n) is 1.59. The number of aromatic amines is 1. The number of ether oxygens (including phenoxy) is 1. The predicted molar refractivity (Wildman–Crippen MR) is 59.7 cm³/mol. The van der Waals surface area contributed by atoms with Gasteiger partial charge in [0.15, 0.2) is 0 Å². The summed E-state index contributed by atoms with van der Waals surface area (Å²) in [6.07, 6.45) is 0. The number of aryl methyl sites for hydroxylation is 1. The van der Waals surface area contributed by atoms with Gasteiger partial charge in [-0.05, 0) is 25.1 Å². The molecule has 0 unspecified atom stereocenters. The molecule has 16 heavy (non-hydrogen) atoms. The molecule has 0 aliphatic rings. The third-order valence-corrected chi connectivity index (χ3v) is 2.28. The minimum atomic E-state index is -0.345. The van der Waals surface area contributed by atoms with Crippen LogP contribution in [0.15, 0.2) is 18.2 Å². The number of nitrogen functional groups attached to an aromatic ring is 1. The quantitative estimate of drug-likeness (QED) is 0.816. The van der Waals surface area contributed by atoms with Crippen molar-refractivity contribution in [1.29, 1.82) is 0 Å². The van der Waals surface area contributed by atoms with E-state index in [1.807, 2.05) is 0 Å². The number of nitrogens with zero attached hydrogens (tertiary/aromatic N) is 1. The number of hydrogen-bond donors (Lipinski definition) is 2. The van der Waals surface area contributed by atoms with Crippen LogP contribution in [0.4, 0.5) is 10.2 Å². The maximum Gasteiger partial charge on any atom is 0.150 e. The highest BCUT2D eigenvalue weighted by atomic mass is 19.1. The topological polar surface area (TPSA) is 63.9 Å². The van der Waals surface area contributed by atoms with E-state index in [0.29, 0.717) is 28.6 Å². The Hall–Kier alpha value is -2.04. The largest absolute Gasteiger partial charge is 0.496 e. The highest BCUT2D eigenvalue weighted by Gasteiger charge is 2.13. The molecule has 0 amide bonds. The molecule has 0 saturated carbocycles. The molecule has 84 valence electrons. The van der Waals surface area contributed by atoms with Crippen molar-refractivity contribution in [3.05, 3.63) is 29.8 Å². The van der Waals surface area contributed by atoms with Gasteiger partial charge in [0.25, 0.3) is 0 Å². The maximum absolute atomic E-state index is 13.2. The molecule has 1 heterocycles. The lowest BCUT2D eigenvalue weighted by Crippen LogP contribution is -1.93. The van der Waals surface area contributed by atoms with Gasteiger partial charge >= 0.3 is 0 Å². The summed E-state index contributed by atoms with van der Waals surface area (Å²) < 4.78 is 18.3. The van der Waals surface area contributed by atoms with E-state index in [0.717, 1.165) is 0 Å². The molecule has 4 nitrogen and oxygen atoms in total. The summed E-state index contributed by atoms with van der Waals surface area (Å²) in [5.41, 5.74) is 6.87. The number of imidazole rings is 1. The van der Waals surface area contributed by atoms with Crippen molar-refractivity contribution in [2.75, 3.05) is 12.8 Å². The SMILES string of the molecule is COc1ccc(F)cc1-c1[nH]c(C)nc1N. The van der Waals surface area contributed by atoms with E-state index in [-0.39, 0.29) is 5.82 Å². The highest BCUT2D eigenvalue weighted by molar-refractivity contribution is 5.75. The van der Waals surface area contributed by atoms with E-state index in [2.05, 4.69) is 9.97 Å². The number of methoxy groups -OCH3 is 1. The Bertz CT molecular complexity index is 522. The number of benzene rings is 1. The second-order valence-electron chi connectivity index (χ2n) is 3.43. The van der Waals surface area contributed by atoms with E-state index >= 15 is 0 Å². The van der Waals surface area contributed by atoms with Crippen molar-refractivity contribution in [2.24, 2.45) is 0 Å². The lowest BCUT2D eigenvalue weighted by molar-refractivity contribution is 0.415. The van der Waals surface area contributed by atoms with Crippen LogP contribution in [0.2, 0.25) is 0 Å². The summed E-state index contributed by atoms with van der Waals surface area (Å²) in [5, 5.41) is 0. The number of aromatic nitrogens is 2. The third-order valence-electron chi connectivity index (χ3n) is 2.28. The molecule has 0 atom stereocenters. The van der Waals surface area contributed by atoms with E-state index in [1.54, 1.807) is 13.0 Å². The normalized spacial score (nSPS) is 10.4. The van der Waals surface area contributed by atoms with Crippen molar-refractivity contribution < 1.29 is 9.13 Å². The van der Waals surface area contributed by atoms with E-state index in [4.69, 9.17) is 10.5 Å². The fraction of sp³-hybridized carbons (Fsp3) is 0.182. The van der Waals surface area contributed by atoms with Crippen LogP contribution >= 0.6 is 0 Å². The average Bonchev–Trinajstić information content (AvgIpc) is 2.57. The molecule has 0 aliphatic heterocycles. The van der Waals surface area contributed by atoms with Crippen LogP contribution in [0.25, 0.3) is 11.3 Å². The van der Waals surface area contributed by atoms with Crippen LogP contribution in [-0.4, -0.2) is 17.1 Å². The molecule has 3 N–H and O–H groups in total. The summed E-state index contributed by atoms with van der Waals surface area (Å²) in [4.78, 5) is 7.02. The van der Waals surface area contributed by atoms with E-state index in [1.165, 1.54) is 19.2 Å². The van der Waals surface area contributed by atoms with Crippen LogP contribution in [0.1, 0.15) is 5.82 Å². The van der Waals surface area contributed by atoms with Crippen molar-refractivity contribution in [2.45, 2.75) is 6.92 Å². The zero-order valence-electron chi connectivity index (χ0n) is 9.04. The number of anilines is 1. The Morgan fingerprint density at radius 3 is 2.75 bits per heavy atom. The first-order valence-electron chi connectivity index (χ1n) is 4.78. The Labute approximate surface area is 92.3 Å². The van der Waals surface area contributed by atoms with Crippen LogP contribution in [0.3, 0.4) is 0 Å². The maximum atomic E-state index is 13.2. The zero-order chi connectivity index (χ0) is 11.7. The van der Waals surface area contributed by atoms with Crippen LogP contribution < -0.4 is 10.5 Å². The molecule has 2 rings (SSSR count). The van der Waals surface area contributed by atoms with Gasteiger partial charge in [0.2, 0.25) is 0 Å². The molecule has 0 fully saturated rings. The van der Waals surface area contributed by atoms with Gasteiger partial charge in [-0.2, -0.15) is 0 Å². The molecule has 2 aromatic rings. The van der Waals surface area contributed by atoms with Gasteiger partial charge in [-0.3, -0.25) is 0 Å². The second-order valence-corrected chi connectivity index (χ2v) is 3.43. The van der Waals surface area contributed by atoms with E-state index in [9.17, 15) is 4.39 Å². The Kier molecular flexibility index (Phi) is 2.52. The van der Waals surface area contributed by atoms with Gasteiger partial charge in [0.1, 0.15) is 23.2 Å². The Balaban J connectivity index is 2.62. The van der Waals surface area contributed by atoms with Crippen molar-refractivity contribution in [3.8, 4) is 17.0 Å². The molecular weight excluding hydrogens is 209 g/mol. The molecule has 1 aromatic heterocycles. The Morgan fingerprint density at radius 1 is 1.44 bits per heavy atom. The van der Waals surface area contributed by atoms with Gasteiger partial charge in [-0.15, -0.1) is 0 Å². The minimum absolute atomic E-state index is 0.335. The van der Waals surface area contributed by atoms with Gasteiger partial charge in [0.05, 0.1) is 12.8 Å². The number of rotatable bonds is 2. The van der Waals surface area contributed by atoms with Gasteiger partial charge in [-0.1, -0.05) is 0 Å². The lowest BCUT2D eigenvalue weighted by Gasteiger charge is -2.07. The summed E-state index contributed by atoms with van der Waals surface area (Å²) in [7, 11) is 1.52. The number of H-pyrrole nitrogens is 1. The standard InChI is InChI=1S/C11H12FN3O/c1-6-14-10(11(13)15-6)8-5-7(12)3-4-9(8)16-2/h3-5H,13H2,1-2H3,(H,14,15). The molecule has 0 aliphatic carbocycles. The number of hydrogen-bond acceptors (Lipinski definition) is 3. The zero-order valence-corrected chi connectivity index (χ0v) is 9.04. The van der Waals surface area contributed by atoms with Crippen molar-refractivity contribution in [3.63, 3.8) is 0 Å². The summed E-state index contributed by atoms with van der Waals surface area (Å²) in [6.45, 7) is 1.78. The minimum Gasteiger partial charge on any atom is -0.496 e. The van der Waals surface area contributed by atoms with Gasteiger partial charge < -0.3 is 15.5 Å². The Morgan fingerprint density at radius 2 is 2.19 bits per heavy atom. The lowest BCUT2D eigenvalue weighted by atomic mass is 10.1. The van der Waals surface area contributed by atoms with Crippen LogP contribution in [-0.2, 0) is 0 Å². The summed E-state index contributed by atoms with van der Waals surface area (Å²) >= 11 is 0. The summed E-state index contributed by atoms with van der Waals surface area (Å²) in [6, 6.07) is 4.25. The molecule has 5 heteroatoms. The monoisotopic (exact) mass is 221 g/mol. The third kappa shape index (κ3) is 1.71. The molecule has 1 aromatic carbocycles. The first kappa shape index (κ1) is 10.5. The molecule has 0 spiro atoms. The van der Waals surface area contributed by atoms with Crippen molar-refractivity contribution >= 4 is 5.82 Å². The predicted octanol–water partition coefficient (Wildman–Crippen LogP) is 2.12. The second kappa shape index (κ2) is 3.84. The molecule has 0 radical (unpaired) electrons. The number of nitrogens with two attached hydrogens (primary N) is 1. The highest BCUT2D eigenvalue weighted by Crippen LogP contribution is 2.32. The summed E-state index contributed by atoms with van der Waals surface area (Å²) in [5.74, 6) is 1.22. The molecular formula is C11H12FN3O. The fourth-order valence-corrected chi connectivity index (χ4v) is 1.59. The molecule has 0 saturated heterocycles. The van der Waals surface area contributed by atoms with Crippen LogP contribution in [0, 0.1) is 12.7 Å². The van der Waals surface area contributed by atoms with Gasteiger partial charge in [0, 0.05) is 5.56 Å². The van der Waals surface area contributed by atoms with Crippen molar-refractivity contribution in [1.82, 2.24) is 9.97 Å². The van der Waals surface area contributed by atoms with E-state index < -0.39 is 0 Å². The van der Waals surface area contributed by atoms with Crippen LogP contribution in [0.5, 0.6) is 5.75 Å². The average molecular weight is 221 g/mol.